The fraction of sp³-hybridized carbons (Fsp3) is 0.0667. The lowest BCUT2D eigenvalue weighted by molar-refractivity contribution is 0.0425. The predicted molar refractivity (Wildman–Crippen MR) is 143 cm³/mol. The van der Waals surface area contributed by atoms with E-state index in [1.54, 1.807) is 72.8 Å². The third kappa shape index (κ3) is 5.18. The molecule has 2 aliphatic rings. The van der Waals surface area contributed by atoms with Crippen molar-refractivity contribution < 1.29 is 38.9 Å². The van der Waals surface area contributed by atoms with Crippen molar-refractivity contribution in [2.75, 3.05) is 11.5 Å². The minimum atomic E-state index is -0.657. The molecular weight excluding hydrogens is 516 g/mol. The average Bonchev–Trinajstić information content (AvgIpc) is 3.37. The van der Waals surface area contributed by atoms with E-state index >= 15 is 0 Å². The van der Waals surface area contributed by atoms with Gasteiger partial charge < -0.3 is 31.2 Å². The number of anilines is 2. The number of fused-ring (bicyclic) bond motifs is 2. The summed E-state index contributed by atoms with van der Waals surface area (Å²) in [5, 5.41) is 18.6. The molecule has 2 heterocycles. The summed E-state index contributed by atoms with van der Waals surface area (Å²) in [6.45, 7) is 0. The highest BCUT2D eigenvalue weighted by Crippen LogP contribution is 2.26. The van der Waals surface area contributed by atoms with Gasteiger partial charge in [0, 0.05) is 0 Å². The largest absolute Gasteiger partial charge is 0.506 e. The van der Waals surface area contributed by atoms with Crippen molar-refractivity contribution in [2.45, 2.75) is 12.8 Å². The van der Waals surface area contributed by atoms with E-state index in [0.29, 0.717) is 24.2 Å². The maximum atomic E-state index is 11.6. The van der Waals surface area contributed by atoms with Crippen LogP contribution < -0.4 is 11.5 Å². The van der Waals surface area contributed by atoms with Crippen molar-refractivity contribution in [2.24, 2.45) is 0 Å². The van der Waals surface area contributed by atoms with Gasteiger partial charge in [0.15, 0.2) is 0 Å². The molecule has 0 amide bonds. The number of nitrogens with two attached hydrogens (primary N) is 2. The zero-order valence-electron chi connectivity index (χ0n) is 20.8. The number of aromatic hydroxyl groups is 2. The second-order valence-electron chi connectivity index (χ2n) is 9.25. The number of phenols is 2. The number of rotatable bonds is 4. The number of carbonyl (C=O) groups excluding carboxylic acids is 4. The summed E-state index contributed by atoms with van der Waals surface area (Å²) in [5.74, 6) is -2.44. The first kappa shape index (κ1) is 26.0. The number of hydrogen-bond acceptors (Lipinski definition) is 10. The van der Waals surface area contributed by atoms with Crippen LogP contribution in [0.1, 0.15) is 63.7 Å². The molecule has 0 fully saturated rings. The van der Waals surface area contributed by atoms with E-state index in [1.807, 2.05) is 0 Å². The van der Waals surface area contributed by atoms with Crippen LogP contribution in [0.5, 0.6) is 11.5 Å². The number of phenolic OH excluding ortho intramolecular Hbond substituents is 2. The molecule has 6 rings (SSSR count). The van der Waals surface area contributed by atoms with Crippen LogP contribution in [0.2, 0.25) is 0 Å². The van der Waals surface area contributed by atoms with Gasteiger partial charge in [-0.15, -0.1) is 0 Å². The zero-order chi connectivity index (χ0) is 28.6. The van der Waals surface area contributed by atoms with Gasteiger partial charge in [-0.25, -0.2) is 19.2 Å². The summed E-state index contributed by atoms with van der Waals surface area (Å²) in [6, 6.07) is 19.9. The smallest absolute Gasteiger partial charge is 0.346 e. The number of cyclic esters (lactones) is 4. The summed E-state index contributed by atoms with van der Waals surface area (Å²) in [6.07, 6.45) is 1.08. The zero-order valence-corrected chi connectivity index (χ0v) is 20.8. The monoisotopic (exact) mass is 538 g/mol. The lowest BCUT2D eigenvalue weighted by atomic mass is 9.98. The van der Waals surface area contributed by atoms with Crippen LogP contribution in [0.3, 0.4) is 0 Å². The fourth-order valence-corrected chi connectivity index (χ4v) is 4.38. The van der Waals surface area contributed by atoms with Gasteiger partial charge in [-0.3, -0.25) is 0 Å². The highest BCUT2D eigenvalue weighted by molar-refractivity contribution is 6.15. The van der Waals surface area contributed by atoms with Gasteiger partial charge in [-0.2, -0.15) is 0 Å². The van der Waals surface area contributed by atoms with Crippen LogP contribution in [0.15, 0.2) is 72.8 Å². The van der Waals surface area contributed by atoms with Crippen LogP contribution in [0.4, 0.5) is 11.4 Å². The molecule has 2 aliphatic heterocycles. The van der Waals surface area contributed by atoms with Crippen molar-refractivity contribution in [1.29, 1.82) is 0 Å². The Bertz CT molecular complexity index is 1600. The lowest BCUT2D eigenvalue weighted by Crippen LogP contribution is -1.98. The molecule has 10 heteroatoms. The minimum Gasteiger partial charge on any atom is -0.506 e. The molecule has 200 valence electrons. The van der Waals surface area contributed by atoms with E-state index in [0.717, 1.165) is 22.3 Å². The molecule has 0 saturated carbocycles. The summed E-state index contributed by atoms with van der Waals surface area (Å²) >= 11 is 0. The minimum absolute atomic E-state index is 0.0824. The van der Waals surface area contributed by atoms with Crippen LogP contribution in [0.25, 0.3) is 0 Å². The normalized spacial score (nSPS) is 13.2. The number of hydrogen-bond donors (Lipinski definition) is 4. The Morgan fingerprint density at radius 2 is 0.800 bits per heavy atom. The molecule has 10 nitrogen and oxygen atoms in total. The summed E-state index contributed by atoms with van der Waals surface area (Å²) in [4.78, 5) is 46.0. The van der Waals surface area contributed by atoms with Gasteiger partial charge in [0.05, 0.1) is 33.6 Å². The van der Waals surface area contributed by atoms with Crippen LogP contribution in [-0.4, -0.2) is 34.1 Å². The number of benzene rings is 4. The molecular formula is C30H22N2O8. The Hall–Kier alpha value is -5.64. The topological polar surface area (TPSA) is 179 Å². The molecule has 0 unspecified atom stereocenters. The molecule has 0 aromatic heterocycles. The Labute approximate surface area is 227 Å². The first-order chi connectivity index (χ1) is 19.1. The van der Waals surface area contributed by atoms with Gasteiger partial charge in [0.25, 0.3) is 0 Å². The van der Waals surface area contributed by atoms with E-state index in [-0.39, 0.29) is 33.8 Å². The van der Waals surface area contributed by atoms with Crippen molar-refractivity contribution in [3.63, 3.8) is 0 Å². The van der Waals surface area contributed by atoms with E-state index < -0.39 is 23.9 Å². The standard InChI is InChI=1S/C17H8O6.C13H14N2O2/c18-14-10-3-1-8(6-12(10)16(20)22-14)5-9-2-4-11-13(7-9)17(21)23-15(11)19;14-10-6-8(1-3-12(10)16)5-9-2-4-13(17)11(15)7-9/h1-4,6-7H,5H2;1-4,6-7,16-17H,5,14-15H2. The van der Waals surface area contributed by atoms with Crippen molar-refractivity contribution in [1.82, 2.24) is 0 Å². The van der Waals surface area contributed by atoms with E-state index in [9.17, 15) is 29.4 Å². The number of ether oxygens (including phenoxy) is 2. The highest BCUT2D eigenvalue weighted by Gasteiger charge is 2.31. The SMILES string of the molecule is Nc1cc(Cc2ccc(O)c(N)c2)ccc1O.O=C1OC(=O)c2cc(Cc3ccc4c(c3)C(=O)OC4=O)ccc21. The number of esters is 4. The molecule has 0 atom stereocenters. The van der Waals surface area contributed by atoms with E-state index in [1.165, 1.54) is 0 Å². The van der Waals surface area contributed by atoms with Crippen LogP contribution >= 0.6 is 0 Å². The Morgan fingerprint density at radius 1 is 0.475 bits per heavy atom. The predicted octanol–water partition coefficient (Wildman–Crippen LogP) is 3.75. The summed E-state index contributed by atoms with van der Waals surface area (Å²) in [5.41, 5.74) is 16.4. The van der Waals surface area contributed by atoms with Crippen molar-refractivity contribution in [3.05, 3.63) is 117 Å². The Kier molecular flexibility index (Phi) is 6.66. The highest BCUT2D eigenvalue weighted by atomic mass is 16.6. The maximum Gasteiger partial charge on any atom is 0.346 e. The number of nitrogen functional groups attached to an aromatic ring is 2. The van der Waals surface area contributed by atoms with E-state index in [2.05, 4.69) is 9.47 Å². The third-order valence-electron chi connectivity index (χ3n) is 6.42. The van der Waals surface area contributed by atoms with Crippen LogP contribution in [-0.2, 0) is 22.3 Å². The van der Waals surface area contributed by atoms with Gasteiger partial charge in [0.2, 0.25) is 0 Å². The third-order valence-corrected chi connectivity index (χ3v) is 6.42. The van der Waals surface area contributed by atoms with E-state index in [4.69, 9.17) is 11.5 Å². The summed E-state index contributed by atoms with van der Waals surface area (Å²) < 4.78 is 9.09. The molecule has 0 bridgehead atoms. The molecule has 6 N–H and O–H groups in total. The lowest BCUT2D eigenvalue weighted by Gasteiger charge is -2.06. The van der Waals surface area contributed by atoms with Crippen molar-refractivity contribution >= 4 is 35.3 Å². The molecule has 40 heavy (non-hydrogen) atoms. The first-order valence-corrected chi connectivity index (χ1v) is 12.0. The van der Waals surface area contributed by atoms with Gasteiger partial charge >= 0.3 is 23.9 Å². The molecule has 0 aliphatic carbocycles. The number of carbonyl (C=O) groups is 4. The van der Waals surface area contributed by atoms with Crippen LogP contribution in [0, 0.1) is 0 Å². The average molecular weight is 539 g/mol. The molecule has 0 radical (unpaired) electrons. The molecule has 0 spiro atoms. The second-order valence-corrected chi connectivity index (χ2v) is 9.25. The Morgan fingerprint density at radius 3 is 1.18 bits per heavy atom. The van der Waals surface area contributed by atoms with Gasteiger partial charge in [-0.05, 0) is 83.6 Å². The fourth-order valence-electron chi connectivity index (χ4n) is 4.38. The molecule has 4 aromatic carbocycles. The first-order valence-electron chi connectivity index (χ1n) is 12.0. The summed E-state index contributed by atoms with van der Waals surface area (Å²) in [7, 11) is 0. The van der Waals surface area contributed by atoms with Gasteiger partial charge in [-0.1, -0.05) is 24.3 Å². The Balaban J connectivity index is 0.000000170. The molecule has 4 aromatic rings. The second kappa shape index (κ2) is 10.3. The van der Waals surface area contributed by atoms with Crippen molar-refractivity contribution in [3.8, 4) is 11.5 Å². The van der Waals surface area contributed by atoms with Gasteiger partial charge in [0.1, 0.15) is 11.5 Å². The quantitative estimate of drug-likeness (QED) is 0.129. The molecule has 0 saturated heterocycles. The maximum absolute atomic E-state index is 11.6.